The summed E-state index contributed by atoms with van der Waals surface area (Å²) in [6.07, 6.45) is 2.98. The third-order valence-electron chi connectivity index (χ3n) is 3.00. The number of nitrogens with two attached hydrogens (primary N) is 1. The zero-order valence-electron chi connectivity index (χ0n) is 11.1. The van der Waals surface area contributed by atoms with Crippen molar-refractivity contribution in [1.82, 2.24) is 19.5 Å². The second-order valence-electron chi connectivity index (χ2n) is 4.37. The molecule has 0 unspecified atom stereocenters. The molecular formula is C14H13N5O2. The van der Waals surface area contributed by atoms with Crippen molar-refractivity contribution in [3.63, 3.8) is 0 Å². The molecule has 0 amide bonds. The summed E-state index contributed by atoms with van der Waals surface area (Å²) in [6, 6.07) is 8.85. The number of nitrogens with zero attached hydrogens (tertiary/aromatic N) is 4. The van der Waals surface area contributed by atoms with E-state index in [1.54, 1.807) is 35.2 Å². The summed E-state index contributed by atoms with van der Waals surface area (Å²) < 4.78 is 6.99. The van der Waals surface area contributed by atoms with Crippen molar-refractivity contribution in [3.05, 3.63) is 48.5 Å². The third kappa shape index (κ3) is 2.66. The van der Waals surface area contributed by atoms with E-state index in [-0.39, 0.29) is 12.6 Å². The Labute approximate surface area is 120 Å². The number of nitrogen functional groups attached to an aromatic ring is 1. The topological polar surface area (TPSA) is 95.9 Å². The fraction of sp³-hybridized carbons (Fsp3) is 0.143. The smallest absolute Gasteiger partial charge is 0.338 e. The van der Waals surface area contributed by atoms with E-state index < -0.39 is 0 Å². The predicted molar refractivity (Wildman–Crippen MR) is 76.5 cm³/mol. The molecule has 0 saturated carbocycles. The van der Waals surface area contributed by atoms with Gasteiger partial charge < -0.3 is 15.0 Å². The monoisotopic (exact) mass is 283 g/mol. The van der Waals surface area contributed by atoms with E-state index >= 15 is 0 Å². The highest BCUT2D eigenvalue weighted by Crippen LogP contribution is 2.13. The first-order valence-electron chi connectivity index (χ1n) is 6.39. The van der Waals surface area contributed by atoms with Crippen LogP contribution in [-0.2, 0) is 11.3 Å². The average Bonchev–Trinajstić information content (AvgIpc) is 2.93. The van der Waals surface area contributed by atoms with Gasteiger partial charge in [0, 0.05) is 0 Å². The summed E-state index contributed by atoms with van der Waals surface area (Å²) in [4.78, 5) is 23.9. The highest BCUT2D eigenvalue weighted by molar-refractivity contribution is 5.89. The van der Waals surface area contributed by atoms with E-state index in [1.807, 2.05) is 6.07 Å². The Balaban J connectivity index is 1.65. The standard InChI is InChI=1S/C14H13N5O2/c15-12-11-13(17-8-16-12)19(9-18-11)6-7-21-14(20)10-4-2-1-3-5-10/h1-5,8-9H,6-7H2,(H2,15,16,17). The SMILES string of the molecule is Nc1ncnc2c1ncn2CCOC(=O)c1ccccc1. The number of rotatable bonds is 4. The number of benzene rings is 1. The first-order valence-corrected chi connectivity index (χ1v) is 6.39. The van der Waals surface area contributed by atoms with Crippen molar-refractivity contribution in [2.75, 3.05) is 12.3 Å². The molecule has 106 valence electrons. The molecule has 1 aromatic carbocycles. The number of esters is 1. The van der Waals surface area contributed by atoms with Gasteiger partial charge >= 0.3 is 5.97 Å². The molecule has 0 aliphatic carbocycles. The molecule has 0 saturated heterocycles. The van der Waals surface area contributed by atoms with Crippen LogP contribution in [0.5, 0.6) is 0 Å². The molecule has 0 atom stereocenters. The Morgan fingerprint density at radius 3 is 2.81 bits per heavy atom. The first-order chi connectivity index (χ1) is 10.3. The number of carbonyl (C=O) groups excluding carboxylic acids is 1. The van der Waals surface area contributed by atoms with Crippen LogP contribution >= 0.6 is 0 Å². The second kappa shape index (κ2) is 5.58. The lowest BCUT2D eigenvalue weighted by molar-refractivity contribution is 0.0492. The number of anilines is 1. The predicted octanol–water partition coefficient (Wildman–Crippen LogP) is 1.27. The summed E-state index contributed by atoms with van der Waals surface area (Å²) in [7, 11) is 0. The molecule has 7 nitrogen and oxygen atoms in total. The second-order valence-corrected chi connectivity index (χ2v) is 4.37. The summed E-state index contributed by atoms with van der Waals surface area (Å²) in [5.41, 5.74) is 7.41. The molecule has 3 rings (SSSR count). The largest absolute Gasteiger partial charge is 0.460 e. The van der Waals surface area contributed by atoms with Gasteiger partial charge in [-0.05, 0) is 12.1 Å². The van der Waals surface area contributed by atoms with Gasteiger partial charge in [0.25, 0.3) is 0 Å². The molecule has 2 N–H and O–H groups in total. The molecule has 2 heterocycles. The van der Waals surface area contributed by atoms with E-state index in [4.69, 9.17) is 10.5 Å². The van der Waals surface area contributed by atoms with Gasteiger partial charge in [-0.25, -0.2) is 19.7 Å². The summed E-state index contributed by atoms with van der Waals surface area (Å²) >= 11 is 0. The van der Waals surface area contributed by atoms with Crippen molar-refractivity contribution in [1.29, 1.82) is 0 Å². The molecule has 0 fully saturated rings. The lowest BCUT2D eigenvalue weighted by atomic mass is 10.2. The van der Waals surface area contributed by atoms with Crippen molar-refractivity contribution in [2.24, 2.45) is 0 Å². The van der Waals surface area contributed by atoms with Crippen LogP contribution in [0.25, 0.3) is 11.2 Å². The van der Waals surface area contributed by atoms with Crippen molar-refractivity contribution in [2.45, 2.75) is 6.54 Å². The number of hydrogen-bond acceptors (Lipinski definition) is 6. The molecule has 21 heavy (non-hydrogen) atoms. The van der Waals surface area contributed by atoms with Crippen LogP contribution < -0.4 is 5.73 Å². The molecule has 7 heteroatoms. The summed E-state index contributed by atoms with van der Waals surface area (Å²) in [6.45, 7) is 0.675. The lowest BCUT2D eigenvalue weighted by Gasteiger charge is -2.06. The minimum atomic E-state index is -0.353. The van der Waals surface area contributed by atoms with E-state index in [0.717, 1.165) is 0 Å². The van der Waals surface area contributed by atoms with Crippen LogP contribution in [0.2, 0.25) is 0 Å². The molecule has 3 aromatic rings. The minimum Gasteiger partial charge on any atom is -0.460 e. The molecule has 0 spiro atoms. The van der Waals surface area contributed by atoms with Crippen molar-refractivity contribution in [3.8, 4) is 0 Å². The van der Waals surface area contributed by atoms with Crippen LogP contribution in [0.1, 0.15) is 10.4 Å². The van der Waals surface area contributed by atoms with Gasteiger partial charge in [0.2, 0.25) is 0 Å². The lowest BCUT2D eigenvalue weighted by Crippen LogP contribution is -2.11. The van der Waals surface area contributed by atoms with E-state index in [1.165, 1.54) is 6.33 Å². The molecule has 0 aliphatic rings. The normalized spacial score (nSPS) is 10.7. The highest BCUT2D eigenvalue weighted by Gasteiger charge is 2.09. The third-order valence-corrected chi connectivity index (χ3v) is 3.00. The molecule has 0 bridgehead atoms. The maximum Gasteiger partial charge on any atom is 0.338 e. The Bertz CT molecular complexity index is 769. The highest BCUT2D eigenvalue weighted by atomic mass is 16.5. The van der Waals surface area contributed by atoms with Crippen LogP contribution in [0, 0.1) is 0 Å². The number of fused-ring (bicyclic) bond motifs is 1. The van der Waals surface area contributed by atoms with Gasteiger partial charge in [0.1, 0.15) is 18.5 Å². The van der Waals surface area contributed by atoms with Gasteiger partial charge in [-0.3, -0.25) is 0 Å². The summed E-state index contributed by atoms with van der Waals surface area (Å²) in [5, 5.41) is 0. The quantitative estimate of drug-likeness (QED) is 0.724. The number of hydrogen-bond donors (Lipinski definition) is 1. The van der Waals surface area contributed by atoms with Gasteiger partial charge in [-0.15, -0.1) is 0 Å². The average molecular weight is 283 g/mol. The summed E-state index contributed by atoms with van der Waals surface area (Å²) in [5.74, 6) is -0.0193. The Morgan fingerprint density at radius 1 is 1.19 bits per heavy atom. The number of imidazole rings is 1. The van der Waals surface area contributed by atoms with Crippen molar-refractivity contribution < 1.29 is 9.53 Å². The fourth-order valence-corrected chi connectivity index (χ4v) is 1.96. The fourth-order valence-electron chi connectivity index (χ4n) is 1.96. The van der Waals surface area contributed by atoms with Crippen molar-refractivity contribution >= 4 is 23.0 Å². The molecule has 2 aromatic heterocycles. The first kappa shape index (κ1) is 13.0. The van der Waals surface area contributed by atoms with Crippen LogP contribution in [0.3, 0.4) is 0 Å². The Hall–Kier alpha value is -2.96. The maximum absolute atomic E-state index is 11.8. The van der Waals surface area contributed by atoms with E-state index in [2.05, 4.69) is 15.0 Å². The number of carbonyl (C=O) groups is 1. The molecule has 0 aliphatic heterocycles. The van der Waals surface area contributed by atoms with Crippen LogP contribution in [0.4, 0.5) is 5.82 Å². The molecular weight excluding hydrogens is 270 g/mol. The van der Waals surface area contributed by atoms with Gasteiger partial charge in [0.15, 0.2) is 11.5 Å². The number of ether oxygens (including phenoxy) is 1. The van der Waals surface area contributed by atoms with Crippen LogP contribution in [0.15, 0.2) is 43.0 Å². The van der Waals surface area contributed by atoms with E-state index in [9.17, 15) is 4.79 Å². The Morgan fingerprint density at radius 2 is 2.00 bits per heavy atom. The van der Waals surface area contributed by atoms with Gasteiger partial charge in [0.05, 0.1) is 18.4 Å². The molecule has 0 radical (unpaired) electrons. The minimum absolute atomic E-state index is 0.225. The zero-order chi connectivity index (χ0) is 14.7. The van der Waals surface area contributed by atoms with Gasteiger partial charge in [-0.2, -0.15) is 0 Å². The Kier molecular flexibility index (Phi) is 3.46. The van der Waals surface area contributed by atoms with Crippen LogP contribution in [-0.4, -0.2) is 32.1 Å². The van der Waals surface area contributed by atoms with Gasteiger partial charge in [-0.1, -0.05) is 18.2 Å². The zero-order valence-corrected chi connectivity index (χ0v) is 11.1. The number of aromatic nitrogens is 4. The van der Waals surface area contributed by atoms with E-state index in [0.29, 0.717) is 29.1 Å². The maximum atomic E-state index is 11.8.